The van der Waals surface area contributed by atoms with E-state index >= 15 is 0 Å². The molecule has 5 heteroatoms. The van der Waals surface area contributed by atoms with Crippen molar-refractivity contribution < 1.29 is 14.4 Å². The number of nitrogens with one attached hydrogen (secondary N) is 1. The molecule has 1 aliphatic rings. The minimum atomic E-state index is -0.337. The van der Waals surface area contributed by atoms with Crippen LogP contribution >= 0.6 is 12.6 Å². The Morgan fingerprint density at radius 1 is 1.17 bits per heavy atom. The summed E-state index contributed by atoms with van der Waals surface area (Å²) in [6.07, 6.45) is 4.24. The number of benzene rings is 1. The second kappa shape index (κ2) is 9.83. The normalized spacial score (nSPS) is 20.9. The highest BCUT2D eigenvalue weighted by Gasteiger charge is 2.29. The van der Waals surface area contributed by atoms with Crippen LogP contribution in [-0.2, 0) is 9.63 Å². The zero-order valence-electron chi connectivity index (χ0n) is 14.5. The molecule has 0 heterocycles. The van der Waals surface area contributed by atoms with Crippen LogP contribution in [-0.4, -0.2) is 23.9 Å². The molecule has 1 aromatic rings. The third-order valence-electron chi connectivity index (χ3n) is 3.50. The molecule has 0 saturated heterocycles. The standard InChI is InChI=1S/C11H21NO2S.C7H8O/c1-11(2,3)14-12-10(13)8-6-4-5-7-9(8)15;1-8-7-5-3-2-4-6-7/h8-9,15H,4-7H2,1-3H3,(H,12,13);2-6H,1H3. The first-order valence-electron chi connectivity index (χ1n) is 8.08. The van der Waals surface area contributed by atoms with Gasteiger partial charge >= 0.3 is 0 Å². The van der Waals surface area contributed by atoms with Crippen molar-refractivity contribution in [2.75, 3.05) is 7.11 Å². The molecule has 4 nitrogen and oxygen atoms in total. The van der Waals surface area contributed by atoms with Gasteiger partial charge in [0.15, 0.2) is 0 Å². The Morgan fingerprint density at radius 2 is 1.78 bits per heavy atom. The molecule has 0 radical (unpaired) electrons. The van der Waals surface area contributed by atoms with Gasteiger partial charge in [0.05, 0.1) is 18.6 Å². The van der Waals surface area contributed by atoms with E-state index in [9.17, 15) is 4.79 Å². The van der Waals surface area contributed by atoms with Crippen LogP contribution in [0.15, 0.2) is 30.3 Å². The van der Waals surface area contributed by atoms with Gasteiger partial charge in [0.25, 0.3) is 0 Å². The predicted octanol–water partition coefficient (Wildman–Crippen LogP) is 4.02. The van der Waals surface area contributed by atoms with E-state index < -0.39 is 0 Å². The van der Waals surface area contributed by atoms with Crippen LogP contribution in [0.1, 0.15) is 46.5 Å². The number of methoxy groups -OCH3 is 1. The molecule has 1 aromatic carbocycles. The lowest BCUT2D eigenvalue weighted by Gasteiger charge is -2.28. The molecule has 1 N–H and O–H groups in total. The van der Waals surface area contributed by atoms with Crippen molar-refractivity contribution in [3.63, 3.8) is 0 Å². The number of hydrogen-bond acceptors (Lipinski definition) is 4. The predicted molar refractivity (Wildman–Crippen MR) is 96.7 cm³/mol. The van der Waals surface area contributed by atoms with Gasteiger partial charge in [-0.15, -0.1) is 0 Å². The molecule has 0 spiro atoms. The van der Waals surface area contributed by atoms with Gasteiger partial charge in [0, 0.05) is 5.25 Å². The second-order valence-electron chi connectivity index (χ2n) is 6.66. The SMILES string of the molecule is CC(C)(C)ONC(=O)C1CCCCC1S.COc1ccccc1. The number of rotatable bonds is 3. The Kier molecular flexibility index (Phi) is 8.48. The summed E-state index contributed by atoms with van der Waals surface area (Å²) in [6.45, 7) is 5.73. The van der Waals surface area contributed by atoms with Gasteiger partial charge in [0.2, 0.25) is 5.91 Å². The maximum absolute atomic E-state index is 11.8. The van der Waals surface area contributed by atoms with Crippen molar-refractivity contribution >= 4 is 18.5 Å². The fraction of sp³-hybridized carbons (Fsp3) is 0.611. The smallest absolute Gasteiger partial charge is 0.247 e. The molecule has 2 rings (SSSR count). The van der Waals surface area contributed by atoms with Crippen molar-refractivity contribution in [2.24, 2.45) is 5.92 Å². The van der Waals surface area contributed by atoms with E-state index in [-0.39, 0.29) is 22.7 Å². The highest BCUT2D eigenvalue weighted by atomic mass is 32.1. The molecule has 0 aromatic heterocycles. The Morgan fingerprint density at radius 3 is 2.26 bits per heavy atom. The summed E-state index contributed by atoms with van der Waals surface area (Å²) in [5.74, 6) is 0.890. The maximum Gasteiger partial charge on any atom is 0.247 e. The number of para-hydroxylation sites is 1. The van der Waals surface area contributed by atoms with Crippen LogP contribution in [0, 0.1) is 5.92 Å². The van der Waals surface area contributed by atoms with Crippen molar-refractivity contribution in [3.8, 4) is 5.75 Å². The number of hydrogen-bond donors (Lipinski definition) is 2. The van der Waals surface area contributed by atoms with Gasteiger partial charge in [0.1, 0.15) is 5.75 Å². The van der Waals surface area contributed by atoms with Gasteiger partial charge in [-0.1, -0.05) is 31.0 Å². The Bertz CT molecular complexity index is 459. The molecule has 2 atom stereocenters. The molecular weight excluding hydrogens is 310 g/mol. The monoisotopic (exact) mass is 339 g/mol. The van der Waals surface area contributed by atoms with Crippen LogP contribution < -0.4 is 10.2 Å². The molecule has 23 heavy (non-hydrogen) atoms. The molecule has 1 fully saturated rings. The summed E-state index contributed by atoms with van der Waals surface area (Å²) >= 11 is 4.44. The number of carbonyl (C=O) groups is 1. The average molecular weight is 340 g/mol. The molecule has 0 aliphatic heterocycles. The zero-order chi connectivity index (χ0) is 17.3. The van der Waals surface area contributed by atoms with E-state index in [1.54, 1.807) is 7.11 Å². The summed E-state index contributed by atoms with van der Waals surface area (Å²) in [5.41, 5.74) is 2.20. The summed E-state index contributed by atoms with van der Waals surface area (Å²) in [7, 11) is 1.66. The molecule has 130 valence electrons. The molecule has 1 amide bonds. The molecule has 2 unspecified atom stereocenters. The van der Waals surface area contributed by atoms with Crippen molar-refractivity contribution in [2.45, 2.75) is 57.3 Å². The molecule has 1 saturated carbocycles. The van der Waals surface area contributed by atoms with Gasteiger partial charge in [-0.2, -0.15) is 12.6 Å². The maximum atomic E-state index is 11.8. The summed E-state index contributed by atoms with van der Waals surface area (Å²) in [5, 5.41) is 0.183. The number of thiol groups is 1. The quantitative estimate of drug-likeness (QED) is 0.646. The van der Waals surface area contributed by atoms with Gasteiger partial charge in [-0.25, -0.2) is 5.48 Å². The highest BCUT2D eigenvalue weighted by Crippen LogP contribution is 2.28. The Labute approximate surface area is 145 Å². The van der Waals surface area contributed by atoms with Crippen molar-refractivity contribution in [1.29, 1.82) is 0 Å². The fourth-order valence-corrected chi connectivity index (χ4v) is 2.72. The number of carbonyl (C=O) groups excluding carboxylic acids is 1. The first-order chi connectivity index (χ1) is 10.8. The molecule has 0 bridgehead atoms. The molecular formula is C18H29NO3S. The third kappa shape index (κ3) is 8.28. The average Bonchev–Trinajstić information content (AvgIpc) is 2.54. The summed E-state index contributed by atoms with van der Waals surface area (Å²) in [6, 6.07) is 9.68. The van der Waals surface area contributed by atoms with E-state index in [0.29, 0.717) is 0 Å². The minimum Gasteiger partial charge on any atom is -0.497 e. The largest absolute Gasteiger partial charge is 0.497 e. The number of amides is 1. The van der Waals surface area contributed by atoms with Gasteiger partial charge in [-0.3, -0.25) is 9.63 Å². The number of hydroxylamine groups is 1. The van der Waals surface area contributed by atoms with Crippen LogP contribution in [0.25, 0.3) is 0 Å². The summed E-state index contributed by atoms with van der Waals surface area (Å²) < 4.78 is 4.91. The lowest BCUT2D eigenvalue weighted by atomic mass is 9.88. The van der Waals surface area contributed by atoms with E-state index in [4.69, 9.17) is 9.57 Å². The lowest BCUT2D eigenvalue weighted by Crippen LogP contribution is -2.41. The Balaban J connectivity index is 0.000000277. The van der Waals surface area contributed by atoms with Gasteiger partial charge < -0.3 is 4.74 Å². The van der Waals surface area contributed by atoms with Crippen LogP contribution in [0.5, 0.6) is 5.75 Å². The van der Waals surface area contributed by atoms with E-state index in [1.165, 1.54) is 6.42 Å². The van der Waals surface area contributed by atoms with Crippen LogP contribution in [0.2, 0.25) is 0 Å². The second-order valence-corrected chi connectivity index (χ2v) is 7.32. The van der Waals surface area contributed by atoms with Crippen molar-refractivity contribution in [3.05, 3.63) is 30.3 Å². The van der Waals surface area contributed by atoms with E-state index in [0.717, 1.165) is 25.0 Å². The van der Waals surface area contributed by atoms with E-state index in [2.05, 4.69) is 18.1 Å². The van der Waals surface area contributed by atoms with Crippen LogP contribution in [0.4, 0.5) is 0 Å². The summed E-state index contributed by atoms with van der Waals surface area (Å²) in [4.78, 5) is 17.0. The molecule has 1 aliphatic carbocycles. The zero-order valence-corrected chi connectivity index (χ0v) is 15.4. The fourth-order valence-electron chi connectivity index (χ4n) is 2.25. The van der Waals surface area contributed by atoms with E-state index in [1.807, 2.05) is 51.1 Å². The first kappa shape index (κ1) is 19.8. The highest BCUT2D eigenvalue weighted by molar-refractivity contribution is 7.81. The third-order valence-corrected chi connectivity index (χ3v) is 4.12. The van der Waals surface area contributed by atoms with Crippen LogP contribution in [0.3, 0.4) is 0 Å². The lowest BCUT2D eigenvalue weighted by molar-refractivity contribution is -0.150. The van der Waals surface area contributed by atoms with Gasteiger partial charge in [-0.05, 0) is 45.7 Å². The first-order valence-corrected chi connectivity index (χ1v) is 8.60. The van der Waals surface area contributed by atoms with Crippen molar-refractivity contribution in [1.82, 2.24) is 5.48 Å². The minimum absolute atomic E-state index is 0.00410. The number of ether oxygens (including phenoxy) is 1. The topological polar surface area (TPSA) is 47.6 Å². The Hall–Kier alpha value is -1.20.